The minimum Gasteiger partial charge on any atom is -0.466 e. The van der Waals surface area contributed by atoms with Crippen LogP contribution >= 0.6 is 0 Å². The van der Waals surface area contributed by atoms with Crippen molar-refractivity contribution in [2.75, 3.05) is 6.61 Å². The van der Waals surface area contributed by atoms with Crippen LogP contribution in [0.5, 0.6) is 5.88 Å². The Balaban J connectivity index is 2.02. The van der Waals surface area contributed by atoms with Gasteiger partial charge in [-0.15, -0.1) is 0 Å². The van der Waals surface area contributed by atoms with E-state index in [4.69, 9.17) is 4.74 Å². The lowest BCUT2D eigenvalue weighted by Gasteiger charge is -2.22. The van der Waals surface area contributed by atoms with Crippen LogP contribution in [0.2, 0.25) is 0 Å². The first-order valence-electron chi connectivity index (χ1n) is 7.86. The summed E-state index contributed by atoms with van der Waals surface area (Å²) in [5, 5.41) is 9.23. The quantitative estimate of drug-likeness (QED) is 0.759. The maximum atomic E-state index is 11.7. The molecule has 0 aliphatic heterocycles. The number of aliphatic hydroxyl groups excluding tert-OH is 1. The van der Waals surface area contributed by atoms with Crippen molar-refractivity contribution in [3.05, 3.63) is 100 Å². The van der Waals surface area contributed by atoms with Crippen molar-refractivity contribution >= 4 is 0 Å². The number of benzene rings is 2. The summed E-state index contributed by atoms with van der Waals surface area (Å²) in [6.07, 6.45) is 1.31. The molecule has 122 valence electrons. The molecule has 0 spiro atoms. The number of pyridine rings is 1. The van der Waals surface area contributed by atoms with Gasteiger partial charge in [-0.3, -0.25) is 4.79 Å². The Morgan fingerprint density at radius 1 is 0.917 bits per heavy atom. The van der Waals surface area contributed by atoms with E-state index in [1.54, 1.807) is 10.8 Å². The second kappa shape index (κ2) is 7.62. The SMILES string of the molecule is O=c1ccn(CCO)c(OC(c2ccccc2)c2ccccc2)c1. The fraction of sp³-hybridized carbons (Fsp3) is 0.150. The van der Waals surface area contributed by atoms with E-state index < -0.39 is 0 Å². The van der Waals surface area contributed by atoms with Crippen molar-refractivity contribution < 1.29 is 9.84 Å². The molecule has 1 aromatic heterocycles. The van der Waals surface area contributed by atoms with Crippen molar-refractivity contribution in [1.29, 1.82) is 0 Å². The van der Waals surface area contributed by atoms with Gasteiger partial charge in [0.15, 0.2) is 17.4 Å². The van der Waals surface area contributed by atoms with Gasteiger partial charge < -0.3 is 14.4 Å². The molecular weight excluding hydrogens is 302 g/mol. The molecule has 3 aromatic rings. The zero-order valence-corrected chi connectivity index (χ0v) is 13.2. The van der Waals surface area contributed by atoms with Crippen LogP contribution in [-0.4, -0.2) is 16.3 Å². The molecule has 0 aliphatic carbocycles. The zero-order valence-electron chi connectivity index (χ0n) is 13.2. The summed E-state index contributed by atoms with van der Waals surface area (Å²) in [6, 6.07) is 22.6. The van der Waals surface area contributed by atoms with E-state index in [9.17, 15) is 9.90 Å². The van der Waals surface area contributed by atoms with Gasteiger partial charge in [-0.05, 0) is 11.1 Å². The van der Waals surface area contributed by atoms with Gasteiger partial charge in [0.1, 0.15) is 0 Å². The van der Waals surface area contributed by atoms with E-state index in [0.717, 1.165) is 11.1 Å². The highest BCUT2D eigenvalue weighted by molar-refractivity contribution is 5.31. The molecule has 3 rings (SSSR count). The minimum absolute atomic E-state index is 0.0272. The maximum absolute atomic E-state index is 11.7. The number of hydrogen-bond acceptors (Lipinski definition) is 3. The first-order valence-corrected chi connectivity index (χ1v) is 7.86. The van der Waals surface area contributed by atoms with Crippen molar-refractivity contribution in [2.24, 2.45) is 0 Å². The van der Waals surface area contributed by atoms with Crippen LogP contribution in [-0.2, 0) is 6.54 Å². The number of hydrogen-bond donors (Lipinski definition) is 1. The Bertz CT molecular complexity index is 789. The fourth-order valence-corrected chi connectivity index (χ4v) is 2.59. The van der Waals surface area contributed by atoms with E-state index in [1.807, 2.05) is 60.7 Å². The van der Waals surface area contributed by atoms with Crippen molar-refractivity contribution in [2.45, 2.75) is 12.6 Å². The van der Waals surface area contributed by atoms with Gasteiger partial charge in [-0.2, -0.15) is 0 Å². The smallest absolute Gasteiger partial charge is 0.198 e. The minimum atomic E-state index is -0.334. The van der Waals surface area contributed by atoms with Crippen LogP contribution in [0.15, 0.2) is 83.8 Å². The highest BCUT2D eigenvalue weighted by Crippen LogP contribution is 2.27. The second-order valence-corrected chi connectivity index (χ2v) is 5.44. The molecule has 0 bridgehead atoms. The standard InChI is InChI=1S/C20H19NO3/c22-14-13-21-12-11-18(23)15-19(21)24-20(16-7-3-1-4-8-16)17-9-5-2-6-10-17/h1-12,15,20,22H,13-14H2. The first-order chi connectivity index (χ1) is 11.8. The fourth-order valence-electron chi connectivity index (χ4n) is 2.59. The Labute approximate surface area is 140 Å². The predicted molar refractivity (Wildman–Crippen MR) is 93.1 cm³/mol. The third-order valence-corrected chi connectivity index (χ3v) is 3.75. The Kier molecular flexibility index (Phi) is 5.08. The number of nitrogens with zero attached hydrogens (tertiary/aromatic N) is 1. The molecule has 0 saturated heterocycles. The van der Waals surface area contributed by atoms with Crippen LogP contribution in [0.3, 0.4) is 0 Å². The van der Waals surface area contributed by atoms with E-state index >= 15 is 0 Å². The molecule has 4 nitrogen and oxygen atoms in total. The molecule has 0 fully saturated rings. The number of aliphatic hydroxyl groups is 1. The lowest BCUT2D eigenvalue weighted by Crippen LogP contribution is -2.16. The summed E-state index contributed by atoms with van der Waals surface area (Å²) in [5.41, 5.74) is 1.87. The first kappa shape index (κ1) is 16.0. The molecule has 1 heterocycles. The topological polar surface area (TPSA) is 51.5 Å². The van der Waals surface area contributed by atoms with Gasteiger partial charge in [0.2, 0.25) is 0 Å². The van der Waals surface area contributed by atoms with Crippen LogP contribution in [0.4, 0.5) is 0 Å². The Hall–Kier alpha value is -2.85. The average Bonchev–Trinajstić information content (AvgIpc) is 2.63. The zero-order chi connectivity index (χ0) is 16.8. The molecule has 0 saturated carbocycles. The van der Waals surface area contributed by atoms with Crippen LogP contribution in [0.25, 0.3) is 0 Å². The summed E-state index contributed by atoms with van der Waals surface area (Å²) in [4.78, 5) is 11.7. The van der Waals surface area contributed by atoms with Crippen LogP contribution in [0, 0.1) is 0 Å². The average molecular weight is 321 g/mol. The van der Waals surface area contributed by atoms with Gasteiger partial charge in [0.25, 0.3) is 0 Å². The summed E-state index contributed by atoms with van der Waals surface area (Å²) in [7, 11) is 0. The molecule has 0 aliphatic rings. The van der Waals surface area contributed by atoms with Crippen LogP contribution < -0.4 is 10.2 Å². The lowest BCUT2D eigenvalue weighted by atomic mass is 10.0. The molecule has 4 heteroatoms. The highest BCUT2D eigenvalue weighted by Gasteiger charge is 2.17. The molecule has 0 amide bonds. The summed E-state index contributed by atoms with van der Waals surface area (Å²) in [6.45, 7) is 0.340. The third-order valence-electron chi connectivity index (χ3n) is 3.75. The van der Waals surface area contributed by atoms with Gasteiger partial charge in [0.05, 0.1) is 6.61 Å². The van der Waals surface area contributed by atoms with Crippen molar-refractivity contribution in [3.8, 4) is 5.88 Å². The van der Waals surface area contributed by atoms with Gasteiger partial charge in [-0.25, -0.2) is 0 Å². The van der Waals surface area contributed by atoms with E-state index in [0.29, 0.717) is 12.4 Å². The highest BCUT2D eigenvalue weighted by atomic mass is 16.5. The molecular formula is C20H19NO3. The number of ether oxygens (including phenoxy) is 1. The number of rotatable bonds is 6. The van der Waals surface area contributed by atoms with Gasteiger partial charge >= 0.3 is 0 Å². The second-order valence-electron chi connectivity index (χ2n) is 5.44. The number of aromatic nitrogens is 1. The maximum Gasteiger partial charge on any atom is 0.198 e. The summed E-state index contributed by atoms with van der Waals surface area (Å²) in [5.74, 6) is 0.439. The lowest BCUT2D eigenvalue weighted by molar-refractivity contribution is 0.210. The Morgan fingerprint density at radius 3 is 2.04 bits per heavy atom. The van der Waals surface area contributed by atoms with E-state index in [2.05, 4.69) is 0 Å². The van der Waals surface area contributed by atoms with Crippen molar-refractivity contribution in [3.63, 3.8) is 0 Å². The van der Waals surface area contributed by atoms with E-state index in [-0.39, 0.29) is 18.1 Å². The molecule has 0 radical (unpaired) electrons. The largest absolute Gasteiger partial charge is 0.466 e. The van der Waals surface area contributed by atoms with Crippen LogP contribution in [0.1, 0.15) is 17.2 Å². The summed E-state index contributed by atoms with van der Waals surface area (Å²) < 4.78 is 7.94. The van der Waals surface area contributed by atoms with Gasteiger partial charge in [-0.1, -0.05) is 60.7 Å². The molecule has 0 atom stereocenters. The molecule has 1 N–H and O–H groups in total. The predicted octanol–water partition coefficient (Wildman–Crippen LogP) is 3.01. The third kappa shape index (κ3) is 3.73. The molecule has 2 aromatic carbocycles. The monoisotopic (exact) mass is 321 g/mol. The molecule has 0 unspecified atom stereocenters. The van der Waals surface area contributed by atoms with Crippen molar-refractivity contribution in [1.82, 2.24) is 4.57 Å². The van der Waals surface area contributed by atoms with Gasteiger partial charge in [0, 0.05) is 24.9 Å². The molecule has 24 heavy (non-hydrogen) atoms. The summed E-state index contributed by atoms with van der Waals surface area (Å²) >= 11 is 0. The Morgan fingerprint density at radius 2 is 1.50 bits per heavy atom. The van der Waals surface area contributed by atoms with E-state index in [1.165, 1.54) is 12.1 Å². The normalized spacial score (nSPS) is 10.8.